The Kier molecular flexibility index (Phi) is 11.6. The molecule has 2 aliphatic heterocycles. The molecule has 2 saturated heterocycles. The summed E-state index contributed by atoms with van der Waals surface area (Å²) in [5.74, 6) is 1.40. The van der Waals surface area contributed by atoms with Gasteiger partial charge in [-0.3, -0.25) is 9.59 Å². The summed E-state index contributed by atoms with van der Waals surface area (Å²) in [5.41, 5.74) is 8.00. The van der Waals surface area contributed by atoms with Crippen molar-refractivity contribution < 1.29 is 28.7 Å². The first-order valence-electron chi connectivity index (χ1n) is 22.4. The van der Waals surface area contributed by atoms with Crippen molar-refractivity contribution in [1.29, 1.82) is 0 Å². The Morgan fingerprint density at radius 3 is 1.94 bits per heavy atom. The van der Waals surface area contributed by atoms with Crippen LogP contribution in [-0.2, 0) is 19.1 Å². The average Bonchev–Trinajstić information content (AvgIpc) is 4.17. The van der Waals surface area contributed by atoms with E-state index in [1.54, 1.807) is 0 Å². The van der Waals surface area contributed by atoms with Gasteiger partial charge in [0.15, 0.2) is 0 Å². The Hall–Kier alpha value is -6.70. The van der Waals surface area contributed by atoms with Gasteiger partial charge in [-0.2, -0.15) is 0 Å². The lowest BCUT2D eigenvalue weighted by molar-refractivity contribution is -0.139. The van der Waals surface area contributed by atoms with E-state index in [2.05, 4.69) is 93.4 Å². The molecule has 4 heterocycles. The van der Waals surface area contributed by atoms with Crippen molar-refractivity contribution in [3.05, 3.63) is 96.7 Å². The number of rotatable bonds is 11. The smallest absolute Gasteiger partial charge is 0.407 e. The van der Waals surface area contributed by atoms with Gasteiger partial charge in [0.1, 0.15) is 23.7 Å². The fourth-order valence-electron chi connectivity index (χ4n) is 10.2. The molecule has 2 bridgehead atoms. The number of benzene rings is 4. The van der Waals surface area contributed by atoms with Gasteiger partial charge in [0.05, 0.1) is 49.2 Å². The minimum atomic E-state index is -0.686. The third-order valence-corrected chi connectivity index (χ3v) is 13.6. The predicted molar refractivity (Wildman–Crippen MR) is 245 cm³/mol. The molecule has 6 unspecified atom stereocenters. The lowest BCUT2D eigenvalue weighted by Crippen LogP contribution is -2.54. The molecule has 64 heavy (non-hydrogen) atoms. The highest BCUT2D eigenvalue weighted by molar-refractivity contribution is 5.93. The van der Waals surface area contributed by atoms with E-state index in [9.17, 15) is 19.2 Å². The molecular formula is C50H56N8O6. The van der Waals surface area contributed by atoms with E-state index in [4.69, 9.17) is 19.4 Å². The highest BCUT2D eigenvalue weighted by atomic mass is 16.5. The van der Waals surface area contributed by atoms with Crippen LogP contribution in [0.2, 0.25) is 0 Å². The number of piperidine rings is 1. The molecule has 14 heteroatoms. The number of methoxy groups -OCH3 is 2. The fraction of sp³-hybridized carbons (Fsp3) is 0.400. The molecule has 332 valence electrons. The number of nitrogens with one attached hydrogen (secondary N) is 4. The van der Waals surface area contributed by atoms with Gasteiger partial charge in [-0.05, 0) is 113 Å². The van der Waals surface area contributed by atoms with Crippen LogP contribution in [0.15, 0.2) is 85.1 Å². The number of likely N-dealkylation sites (tertiary alicyclic amines) is 2. The first-order valence-corrected chi connectivity index (χ1v) is 22.4. The van der Waals surface area contributed by atoms with Gasteiger partial charge in [-0.1, -0.05) is 82.3 Å². The molecule has 4 aromatic carbocycles. The van der Waals surface area contributed by atoms with Gasteiger partial charge >= 0.3 is 12.2 Å². The summed E-state index contributed by atoms with van der Waals surface area (Å²) in [6.07, 6.45) is 5.16. The molecule has 14 nitrogen and oxygen atoms in total. The third-order valence-electron chi connectivity index (χ3n) is 13.6. The largest absolute Gasteiger partial charge is 0.453 e. The zero-order valence-electron chi connectivity index (χ0n) is 37.2. The Morgan fingerprint density at radius 2 is 1.28 bits per heavy atom. The van der Waals surface area contributed by atoms with Gasteiger partial charge in [0.25, 0.3) is 0 Å². The minimum absolute atomic E-state index is 0.0877. The minimum Gasteiger partial charge on any atom is -0.453 e. The van der Waals surface area contributed by atoms with Crippen LogP contribution >= 0.6 is 0 Å². The van der Waals surface area contributed by atoms with Crippen molar-refractivity contribution >= 4 is 45.8 Å². The number of aromatic amines is 2. The van der Waals surface area contributed by atoms with Gasteiger partial charge in [0.2, 0.25) is 11.8 Å². The molecule has 4 N–H and O–H groups in total. The van der Waals surface area contributed by atoms with Crippen molar-refractivity contribution in [1.82, 2.24) is 40.4 Å². The number of fused-ring (bicyclic) bond motifs is 4. The fourth-order valence-corrected chi connectivity index (χ4v) is 10.2. The van der Waals surface area contributed by atoms with Gasteiger partial charge in [-0.25, -0.2) is 19.6 Å². The zero-order valence-corrected chi connectivity index (χ0v) is 37.2. The maximum absolute atomic E-state index is 14.1. The number of nitrogens with zero attached hydrogens (tertiary/aromatic N) is 4. The lowest BCUT2D eigenvalue weighted by Gasteiger charge is -2.37. The first kappa shape index (κ1) is 42.6. The number of aromatic nitrogens is 4. The number of hydrogen-bond donors (Lipinski definition) is 4. The highest BCUT2D eigenvalue weighted by Crippen LogP contribution is 2.50. The maximum atomic E-state index is 14.1. The van der Waals surface area contributed by atoms with Crippen LogP contribution in [0.25, 0.3) is 55.3 Å². The van der Waals surface area contributed by atoms with Crippen molar-refractivity contribution in [2.45, 2.75) is 90.0 Å². The molecule has 3 fully saturated rings. The number of carbonyl (C=O) groups is 4. The molecule has 1 saturated carbocycles. The van der Waals surface area contributed by atoms with E-state index in [1.807, 2.05) is 49.8 Å². The van der Waals surface area contributed by atoms with Crippen molar-refractivity contribution in [3.8, 4) is 33.5 Å². The molecule has 1 aliphatic carbocycles. The SMILES string of the molecule is COC(=O)NC(C(=O)N1CCCC1c1ncc(-c2ccc(-c3ccc4cc(-c5ccc6nc(C7C8CCC(C8)N7C(=O)C(NC(=O)OC)C(C)C)[nH]c6c5)ccc4c3)cc2)[nH]1)C(C)C. The van der Waals surface area contributed by atoms with Crippen LogP contribution in [-0.4, -0.2) is 92.6 Å². The molecule has 3 aliphatic rings. The molecule has 4 amide bonds. The number of alkyl carbamates (subject to hydrolysis) is 2. The summed E-state index contributed by atoms with van der Waals surface area (Å²) < 4.78 is 9.62. The molecule has 9 rings (SSSR count). The van der Waals surface area contributed by atoms with E-state index < -0.39 is 24.3 Å². The Morgan fingerprint density at radius 1 is 0.688 bits per heavy atom. The van der Waals surface area contributed by atoms with Crippen LogP contribution in [0.3, 0.4) is 0 Å². The number of ether oxygens (including phenoxy) is 2. The predicted octanol–water partition coefficient (Wildman–Crippen LogP) is 8.92. The monoisotopic (exact) mass is 864 g/mol. The van der Waals surface area contributed by atoms with E-state index >= 15 is 0 Å². The van der Waals surface area contributed by atoms with Crippen LogP contribution in [0.4, 0.5) is 9.59 Å². The van der Waals surface area contributed by atoms with Crippen molar-refractivity contribution in [3.63, 3.8) is 0 Å². The maximum Gasteiger partial charge on any atom is 0.407 e. The number of imidazole rings is 2. The molecule has 2 aromatic heterocycles. The molecule has 6 atom stereocenters. The van der Waals surface area contributed by atoms with Crippen molar-refractivity contribution in [2.24, 2.45) is 17.8 Å². The first-order chi connectivity index (χ1) is 30.9. The van der Waals surface area contributed by atoms with E-state index in [0.29, 0.717) is 12.5 Å². The molecule has 0 spiro atoms. The Balaban J connectivity index is 0.894. The Labute approximate surface area is 372 Å². The molecule has 0 radical (unpaired) electrons. The summed E-state index contributed by atoms with van der Waals surface area (Å²) in [5, 5.41) is 7.74. The summed E-state index contributed by atoms with van der Waals surface area (Å²) in [6, 6.07) is 26.1. The van der Waals surface area contributed by atoms with Gasteiger partial charge in [0, 0.05) is 12.6 Å². The zero-order chi connectivity index (χ0) is 44.8. The topological polar surface area (TPSA) is 175 Å². The van der Waals surface area contributed by atoms with Gasteiger partial charge in [-0.15, -0.1) is 0 Å². The number of amides is 4. The van der Waals surface area contributed by atoms with E-state index in [0.717, 1.165) is 99.1 Å². The van der Waals surface area contributed by atoms with Crippen LogP contribution in [0, 0.1) is 17.8 Å². The molecule has 6 aromatic rings. The van der Waals surface area contributed by atoms with Crippen molar-refractivity contribution in [2.75, 3.05) is 20.8 Å². The number of hydrogen-bond acceptors (Lipinski definition) is 8. The summed E-state index contributed by atoms with van der Waals surface area (Å²) in [7, 11) is 2.61. The van der Waals surface area contributed by atoms with Crippen LogP contribution < -0.4 is 10.6 Å². The van der Waals surface area contributed by atoms with Crippen LogP contribution in [0.5, 0.6) is 0 Å². The van der Waals surface area contributed by atoms with Crippen LogP contribution in [0.1, 0.15) is 83.5 Å². The third kappa shape index (κ3) is 8.05. The normalized spacial score (nSPS) is 20.3. The average molecular weight is 865 g/mol. The van der Waals surface area contributed by atoms with E-state index in [-0.39, 0.29) is 41.8 Å². The van der Waals surface area contributed by atoms with Gasteiger partial charge < -0.3 is 39.9 Å². The standard InChI is InChI=1S/C50H56N8O6/c1-27(2)42(55-49(61)63-5)47(59)57-21-7-8-41(57)45-51-26-40(54-45)30-11-9-29(10-12-30)31-13-14-33-23-34(16-15-32(33)22-31)35-18-20-38-39(25-35)53-46(52-38)44-36-17-19-37(24-36)58(44)48(60)43(28(3)4)56-50(62)64-6/h9-16,18,20,22-23,25-28,36-37,41-44H,7-8,17,19,21,24H2,1-6H3,(H,51,54)(H,52,53)(H,55,61)(H,56,62). The lowest BCUT2D eigenvalue weighted by atomic mass is 9.95. The second-order valence-electron chi connectivity index (χ2n) is 18.2. The quantitative estimate of drug-likeness (QED) is 0.0999. The summed E-state index contributed by atoms with van der Waals surface area (Å²) in [4.78, 5) is 72.4. The highest BCUT2D eigenvalue weighted by Gasteiger charge is 2.51. The molecular weight excluding hydrogens is 809 g/mol. The number of H-pyrrole nitrogens is 2. The summed E-state index contributed by atoms with van der Waals surface area (Å²) in [6.45, 7) is 8.28. The van der Waals surface area contributed by atoms with E-state index in [1.165, 1.54) is 14.2 Å². The number of carbonyl (C=O) groups excluding carboxylic acids is 4. The second kappa shape index (κ2) is 17.5. The Bertz CT molecular complexity index is 2720. The summed E-state index contributed by atoms with van der Waals surface area (Å²) >= 11 is 0. The second-order valence-corrected chi connectivity index (χ2v) is 18.2.